The number of rotatable bonds is 5. The van der Waals surface area contributed by atoms with Crippen LogP contribution in [0, 0.1) is 4.77 Å². The first kappa shape index (κ1) is 21.7. The monoisotopic (exact) mass is 487 g/mol. The lowest BCUT2D eigenvalue weighted by Gasteiger charge is -2.33. The number of para-hydroxylation sites is 1. The van der Waals surface area contributed by atoms with Crippen molar-refractivity contribution in [3.63, 3.8) is 0 Å². The molecule has 0 amide bonds. The van der Waals surface area contributed by atoms with E-state index < -0.39 is 10.0 Å². The van der Waals surface area contributed by atoms with Crippen LogP contribution < -0.4 is 0 Å². The van der Waals surface area contributed by atoms with Crippen LogP contribution in [0.15, 0.2) is 53.4 Å². The average Bonchev–Trinajstić information content (AvgIpc) is 3.30. The summed E-state index contributed by atoms with van der Waals surface area (Å²) in [6.07, 6.45) is 0. The second-order valence-electron chi connectivity index (χ2n) is 8.36. The van der Waals surface area contributed by atoms with Gasteiger partial charge in [-0.3, -0.25) is 9.30 Å². The number of nitrogens with zero attached hydrogens (tertiary/aromatic N) is 5. The maximum atomic E-state index is 13.1. The lowest BCUT2D eigenvalue weighted by molar-refractivity contribution is 0.145. The zero-order valence-corrected chi connectivity index (χ0v) is 20.5. The minimum atomic E-state index is -3.48. The van der Waals surface area contributed by atoms with E-state index in [4.69, 9.17) is 17.3 Å². The van der Waals surface area contributed by atoms with E-state index >= 15 is 0 Å². The van der Waals surface area contributed by atoms with E-state index in [-0.39, 0.29) is 0 Å². The van der Waals surface area contributed by atoms with E-state index in [0.29, 0.717) is 48.4 Å². The summed E-state index contributed by atoms with van der Waals surface area (Å²) in [4.78, 5) is 3.43. The fourth-order valence-corrected chi connectivity index (χ4v) is 6.84. The van der Waals surface area contributed by atoms with Crippen molar-refractivity contribution in [3.8, 4) is 0 Å². The van der Waals surface area contributed by atoms with Crippen molar-refractivity contribution >= 4 is 48.8 Å². The van der Waals surface area contributed by atoms with Crippen molar-refractivity contribution in [2.75, 3.05) is 26.2 Å². The Morgan fingerprint density at radius 1 is 1.03 bits per heavy atom. The van der Waals surface area contributed by atoms with E-state index in [1.54, 1.807) is 27.8 Å². The molecule has 0 spiro atoms. The van der Waals surface area contributed by atoms with Crippen LogP contribution in [-0.2, 0) is 16.7 Å². The molecule has 10 heteroatoms. The van der Waals surface area contributed by atoms with E-state index in [1.165, 1.54) is 0 Å². The molecule has 5 rings (SSSR count). The van der Waals surface area contributed by atoms with Crippen LogP contribution in [0.1, 0.15) is 25.3 Å². The number of hydrogen-bond acceptors (Lipinski definition) is 6. The number of thiazole rings is 1. The minimum Gasteiger partial charge on any atom is -0.282 e. The van der Waals surface area contributed by atoms with Gasteiger partial charge in [0, 0.05) is 26.2 Å². The first-order valence-corrected chi connectivity index (χ1v) is 13.3. The van der Waals surface area contributed by atoms with Crippen LogP contribution in [-0.4, -0.2) is 58.0 Å². The SMILES string of the molecule is CC(C)c1ccc(S(=O)(=O)N2CCN(Cn3nc4sc5ccccc5n4c3=S)CC2)cc1. The van der Waals surface area contributed by atoms with E-state index in [1.807, 2.05) is 33.3 Å². The maximum Gasteiger partial charge on any atom is 0.243 e. The molecule has 4 aromatic rings. The van der Waals surface area contributed by atoms with Gasteiger partial charge in [-0.05, 0) is 48.0 Å². The van der Waals surface area contributed by atoms with Crippen LogP contribution in [0.4, 0.5) is 0 Å². The summed E-state index contributed by atoms with van der Waals surface area (Å²) >= 11 is 7.31. The molecule has 168 valence electrons. The van der Waals surface area contributed by atoms with Crippen LogP contribution in [0.5, 0.6) is 0 Å². The Morgan fingerprint density at radius 3 is 2.41 bits per heavy atom. The molecule has 3 heterocycles. The predicted octanol–water partition coefficient (Wildman–Crippen LogP) is 4.17. The quantitative estimate of drug-likeness (QED) is 0.396. The van der Waals surface area contributed by atoms with Gasteiger partial charge in [0.25, 0.3) is 0 Å². The topological polar surface area (TPSA) is 62.9 Å². The summed E-state index contributed by atoms with van der Waals surface area (Å²) in [6.45, 7) is 6.93. The summed E-state index contributed by atoms with van der Waals surface area (Å²) in [5.41, 5.74) is 2.21. The number of aromatic nitrogens is 3. The Balaban J connectivity index is 1.28. The zero-order chi connectivity index (χ0) is 22.5. The smallest absolute Gasteiger partial charge is 0.243 e. The van der Waals surface area contributed by atoms with Crippen molar-refractivity contribution in [2.45, 2.75) is 31.3 Å². The van der Waals surface area contributed by atoms with Gasteiger partial charge in [-0.15, -0.1) is 5.10 Å². The van der Waals surface area contributed by atoms with Gasteiger partial charge in [0.05, 0.1) is 21.8 Å². The molecule has 7 nitrogen and oxygen atoms in total. The van der Waals surface area contributed by atoms with E-state index in [9.17, 15) is 8.42 Å². The number of benzene rings is 2. The Kier molecular flexibility index (Phi) is 5.67. The molecule has 0 radical (unpaired) electrons. The summed E-state index contributed by atoms with van der Waals surface area (Å²) in [5, 5.41) is 4.70. The standard InChI is InChI=1S/C22H25N5O2S3/c1-16(2)17-7-9-18(10-8-17)32(28,29)25-13-11-24(12-14-25)15-26-22(30)27-19-5-3-4-6-20(19)31-21(27)23-26/h3-10,16H,11-15H2,1-2H3. The minimum absolute atomic E-state index is 0.360. The number of piperazine rings is 1. The van der Waals surface area contributed by atoms with Crippen molar-refractivity contribution in [3.05, 3.63) is 58.9 Å². The molecular weight excluding hydrogens is 462 g/mol. The molecule has 1 aliphatic heterocycles. The highest BCUT2D eigenvalue weighted by atomic mass is 32.2. The summed E-state index contributed by atoms with van der Waals surface area (Å²) in [5.74, 6) is 0.373. The molecule has 1 saturated heterocycles. The molecule has 1 aliphatic rings. The van der Waals surface area contributed by atoms with Crippen LogP contribution in [0.25, 0.3) is 15.2 Å². The van der Waals surface area contributed by atoms with Gasteiger partial charge >= 0.3 is 0 Å². The lowest BCUT2D eigenvalue weighted by atomic mass is 10.0. The van der Waals surface area contributed by atoms with Gasteiger partial charge in [-0.1, -0.05) is 49.4 Å². The third kappa shape index (κ3) is 3.80. The highest BCUT2D eigenvalue weighted by molar-refractivity contribution is 7.89. The van der Waals surface area contributed by atoms with Crippen LogP contribution >= 0.6 is 23.6 Å². The fourth-order valence-electron chi connectivity index (χ4n) is 4.05. The molecule has 0 N–H and O–H groups in total. The second-order valence-corrected chi connectivity index (χ2v) is 11.7. The molecule has 0 bridgehead atoms. The largest absolute Gasteiger partial charge is 0.282 e. The van der Waals surface area contributed by atoms with Crippen LogP contribution in [0.3, 0.4) is 0 Å². The number of hydrogen-bond donors (Lipinski definition) is 0. The van der Waals surface area contributed by atoms with Crippen molar-refractivity contribution in [2.24, 2.45) is 0 Å². The number of sulfonamides is 1. The van der Waals surface area contributed by atoms with E-state index in [0.717, 1.165) is 20.7 Å². The fraction of sp³-hybridized carbons (Fsp3) is 0.364. The Bertz CT molecular complexity index is 1430. The van der Waals surface area contributed by atoms with Gasteiger partial charge in [0.15, 0.2) is 0 Å². The molecule has 32 heavy (non-hydrogen) atoms. The maximum absolute atomic E-state index is 13.1. The Morgan fingerprint density at radius 2 is 1.72 bits per heavy atom. The zero-order valence-electron chi connectivity index (χ0n) is 18.0. The molecular formula is C22H25N5O2S3. The highest BCUT2D eigenvalue weighted by Gasteiger charge is 2.29. The van der Waals surface area contributed by atoms with Crippen molar-refractivity contribution in [1.82, 2.24) is 23.4 Å². The lowest BCUT2D eigenvalue weighted by Crippen LogP contribution is -2.48. The van der Waals surface area contributed by atoms with Gasteiger partial charge in [-0.2, -0.15) is 4.31 Å². The third-order valence-corrected chi connectivity index (χ3v) is 9.28. The Labute approximate surface area is 196 Å². The third-order valence-electron chi connectivity index (χ3n) is 5.97. The molecule has 1 fully saturated rings. The highest BCUT2D eigenvalue weighted by Crippen LogP contribution is 2.26. The summed E-state index contributed by atoms with van der Waals surface area (Å²) in [6, 6.07) is 15.4. The first-order valence-electron chi connectivity index (χ1n) is 10.6. The van der Waals surface area contributed by atoms with Crippen molar-refractivity contribution < 1.29 is 8.42 Å². The van der Waals surface area contributed by atoms with Gasteiger partial charge in [0.1, 0.15) is 0 Å². The molecule has 0 saturated carbocycles. The van der Waals surface area contributed by atoms with Gasteiger partial charge < -0.3 is 0 Å². The van der Waals surface area contributed by atoms with Crippen LogP contribution in [0.2, 0.25) is 0 Å². The first-order chi connectivity index (χ1) is 15.3. The van der Waals surface area contributed by atoms with Gasteiger partial charge in [0.2, 0.25) is 19.8 Å². The molecule has 0 unspecified atom stereocenters. The number of fused-ring (bicyclic) bond motifs is 3. The Hall–Kier alpha value is -2.11. The molecule has 0 aliphatic carbocycles. The van der Waals surface area contributed by atoms with Gasteiger partial charge in [-0.25, -0.2) is 13.1 Å². The van der Waals surface area contributed by atoms with Crippen molar-refractivity contribution in [1.29, 1.82) is 0 Å². The average molecular weight is 488 g/mol. The van der Waals surface area contributed by atoms with E-state index in [2.05, 4.69) is 30.9 Å². The molecule has 0 atom stereocenters. The summed E-state index contributed by atoms with van der Waals surface area (Å²) in [7, 11) is -3.48. The summed E-state index contributed by atoms with van der Waals surface area (Å²) < 4.78 is 33.4. The molecule has 2 aromatic heterocycles. The second kappa shape index (κ2) is 8.35. The predicted molar refractivity (Wildman–Crippen MR) is 130 cm³/mol. The normalized spacial score (nSPS) is 16.5. The molecule has 2 aromatic carbocycles.